The Morgan fingerprint density at radius 2 is 2.09 bits per heavy atom. The number of thiophene rings is 1. The Morgan fingerprint density at radius 1 is 1.29 bits per heavy atom. The van der Waals surface area contributed by atoms with E-state index in [0.29, 0.717) is 27.8 Å². The van der Waals surface area contributed by atoms with Crippen LogP contribution in [0.15, 0.2) is 58.5 Å². The predicted molar refractivity (Wildman–Crippen MR) is 137 cm³/mol. The fraction of sp³-hybridized carbons (Fsp3) is 0.240. The van der Waals surface area contributed by atoms with E-state index in [-0.39, 0.29) is 22.2 Å². The number of carbonyl (C=O) groups is 1. The van der Waals surface area contributed by atoms with Crippen molar-refractivity contribution in [3.63, 3.8) is 0 Å². The Morgan fingerprint density at radius 3 is 2.85 bits per heavy atom. The van der Waals surface area contributed by atoms with Gasteiger partial charge in [0.15, 0.2) is 5.16 Å². The number of hydrogen-bond acceptors (Lipinski definition) is 5. The lowest BCUT2D eigenvalue weighted by atomic mass is 9.89. The lowest BCUT2D eigenvalue weighted by molar-refractivity contribution is -0.113. The van der Waals surface area contributed by atoms with Gasteiger partial charge in [0.05, 0.1) is 21.8 Å². The SMILES string of the molecule is C[C@H]1CCc2c(sc3nc(SCC(=O)Nc4ccc(F)c(Cl)c4)n(-c4ccccc4)c(=O)c23)C1. The van der Waals surface area contributed by atoms with E-state index in [9.17, 15) is 14.0 Å². The highest BCUT2D eigenvalue weighted by Gasteiger charge is 2.25. The molecule has 0 bridgehead atoms. The first-order valence-electron chi connectivity index (χ1n) is 10.9. The Hall–Kier alpha value is -2.68. The summed E-state index contributed by atoms with van der Waals surface area (Å²) < 4.78 is 15.0. The van der Waals surface area contributed by atoms with E-state index < -0.39 is 5.82 Å². The van der Waals surface area contributed by atoms with Crippen LogP contribution in [0.4, 0.5) is 10.1 Å². The molecule has 0 saturated heterocycles. The maximum atomic E-state index is 13.7. The number of aryl methyl sites for hydroxylation is 1. The van der Waals surface area contributed by atoms with Crippen molar-refractivity contribution in [1.29, 1.82) is 0 Å². The van der Waals surface area contributed by atoms with Crippen LogP contribution < -0.4 is 10.9 Å². The van der Waals surface area contributed by atoms with Gasteiger partial charge in [0.25, 0.3) is 5.56 Å². The van der Waals surface area contributed by atoms with E-state index in [1.54, 1.807) is 15.9 Å². The van der Waals surface area contributed by atoms with Crippen molar-refractivity contribution in [3.05, 3.63) is 80.2 Å². The molecule has 0 fully saturated rings. The molecule has 5 rings (SSSR count). The average Bonchev–Trinajstić information content (AvgIpc) is 3.18. The Balaban J connectivity index is 1.50. The summed E-state index contributed by atoms with van der Waals surface area (Å²) in [5.41, 5.74) is 2.14. The first kappa shape index (κ1) is 23.1. The smallest absolute Gasteiger partial charge is 0.267 e. The Labute approximate surface area is 209 Å². The monoisotopic (exact) mass is 513 g/mol. The van der Waals surface area contributed by atoms with Crippen molar-refractivity contribution < 1.29 is 9.18 Å². The van der Waals surface area contributed by atoms with Crippen LogP contribution in [0.25, 0.3) is 15.9 Å². The minimum atomic E-state index is -0.550. The third kappa shape index (κ3) is 4.50. The van der Waals surface area contributed by atoms with Crippen molar-refractivity contribution in [3.8, 4) is 5.69 Å². The highest BCUT2D eigenvalue weighted by Crippen LogP contribution is 2.37. The number of rotatable bonds is 5. The molecule has 0 aliphatic heterocycles. The Bertz CT molecular complexity index is 1450. The van der Waals surface area contributed by atoms with Crippen LogP contribution in [-0.2, 0) is 17.6 Å². The summed E-state index contributed by atoms with van der Waals surface area (Å²) in [5.74, 6) is -0.233. The number of nitrogens with zero attached hydrogens (tertiary/aromatic N) is 2. The number of fused-ring (bicyclic) bond motifs is 3. The molecule has 0 unspecified atom stereocenters. The van der Waals surface area contributed by atoms with Crippen LogP contribution in [0, 0.1) is 11.7 Å². The molecule has 2 aromatic carbocycles. The van der Waals surface area contributed by atoms with Crippen LogP contribution in [0.3, 0.4) is 0 Å². The molecule has 1 atom stereocenters. The number of benzene rings is 2. The van der Waals surface area contributed by atoms with Crippen LogP contribution in [-0.4, -0.2) is 21.2 Å². The van der Waals surface area contributed by atoms with E-state index in [1.165, 1.54) is 34.8 Å². The Kier molecular flexibility index (Phi) is 6.46. The molecule has 0 radical (unpaired) electrons. The number of aromatic nitrogens is 2. The van der Waals surface area contributed by atoms with Gasteiger partial charge >= 0.3 is 0 Å². The normalized spacial score (nSPS) is 15.3. The fourth-order valence-electron chi connectivity index (χ4n) is 4.17. The zero-order valence-corrected chi connectivity index (χ0v) is 20.7. The summed E-state index contributed by atoms with van der Waals surface area (Å²) in [4.78, 5) is 33.1. The van der Waals surface area contributed by atoms with Gasteiger partial charge in [-0.05, 0) is 61.1 Å². The van der Waals surface area contributed by atoms with Crippen LogP contribution in [0.5, 0.6) is 0 Å². The number of carbonyl (C=O) groups excluding carboxylic acids is 1. The van der Waals surface area contributed by atoms with E-state index in [0.717, 1.165) is 29.7 Å². The van der Waals surface area contributed by atoms with Gasteiger partial charge in [-0.1, -0.05) is 48.5 Å². The van der Waals surface area contributed by atoms with Crippen molar-refractivity contribution in [1.82, 2.24) is 9.55 Å². The maximum Gasteiger partial charge on any atom is 0.267 e. The molecule has 2 aromatic heterocycles. The molecule has 0 saturated carbocycles. The number of thioether (sulfide) groups is 1. The van der Waals surface area contributed by atoms with Gasteiger partial charge in [0, 0.05) is 10.6 Å². The second-order valence-electron chi connectivity index (χ2n) is 8.37. The zero-order valence-electron chi connectivity index (χ0n) is 18.3. The van der Waals surface area contributed by atoms with Crippen molar-refractivity contribution >= 4 is 56.5 Å². The summed E-state index contributed by atoms with van der Waals surface area (Å²) >= 11 is 8.58. The van der Waals surface area contributed by atoms with E-state index in [4.69, 9.17) is 16.6 Å². The molecule has 174 valence electrons. The third-order valence-electron chi connectivity index (χ3n) is 5.85. The first-order valence-corrected chi connectivity index (χ1v) is 13.1. The number of para-hydroxylation sites is 1. The van der Waals surface area contributed by atoms with Crippen molar-refractivity contribution in [2.75, 3.05) is 11.1 Å². The minimum absolute atomic E-state index is 0.0297. The van der Waals surface area contributed by atoms with Crippen LogP contribution in [0.2, 0.25) is 5.02 Å². The third-order valence-corrected chi connectivity index (χ3v) is 8.23. The number of anilines is 1. The molecule has 1 aliphatic rings. The molecular formula is C25H21ClFN3O2S2. The molecule has 34 heavy (non-hydrogen) atoms. The molecule has 0 spiro atoms. The second-order valence-corrected chi connectivity index (χ2v) is 10.8. The first-order chi connectivity index (χ1) is 16.4. The summed E-state index contributed by atoms with van der Waals surface area (Å²) in [6, 6.07) is 13.4. The second kappa shape index (κ2) is 9.52. The largest absolute Gasteiger partial charge is 0.325 e. The molecule has 1 N–H and O–H groups in total. The zero-order chi connectivity index (χ0) is 23.8. The summed E-state index contributed by atoms with van der Waals surface area (Å²) in [5, 5.41) is 3.81. The van der Waals surface area contributed by atoms with Gasteiger partial charge < -0.3 is 5.32 Å². The van der Waals surface area contributed by atoms with Crippen molar-refractivity contribution in [2.24, 2.45) is 5.92 Å². The quantitative estimate of drug-likeness (QED) is 0.259. The maximum absolute atomic E-state index is 13.7. The van der Waals surface area contributed by atoms with Gasteiger partial charge in [0.2, 0.25) is 5.91 Å². The fourth-order valence-corrected chi connectivity index (χ4v) is 6.59. The van der Waals surface area contributed by atoms with Gasteiger partial charge in [-0.3, -0.25) is 14.2 Å². The van der Waals surface area contributed by atoms with E-state index in [1.807, 2.05) is 30.3 Å². The minimum Gasteiger partial charge on any atom is -0.325 e. The standard InChI is InChI=1S/C25H21ClFN3O2S2/c1-14-7-9-17-20(11-14)34-23-22(17)24(32)30(16-5-3-2-4-6-16)25(29-23)33-13-21(31)28-15-8-10-19(27)18(26)12-15/h2-6,8,10,12,14H,7,9,11,13H2,1H3,(H,28,31)/t14-/m0/s1. The number of amides is 1. The highest BCUT2D eigenvalue weighted by atomic mass is 35.5. The molecule has 1 amide bonds. The molecule has 5 nitrogen and oxygen atoms in total. The number of halogens is 2. The summed E-state index contributed by atoms with van der Waals surface area (Å²) in [7, 11) is 0. The molecule has 2 heterocycles. The van der Waals surface area contributed by atoms with E-state index in [2.05, 4.69) is 12.2 Å². The van der Waals surface area contributed by atoms with E-state index >= 15 is 0 Å². The molecule has 4 aromatic rings. The van der Waals surface area contributed by atoms with Crippen LogP contribution >= 0.6 is 34.7 Å². The lowest BCUT2D eigenvalue weighted by Gasteiger charge is -2.17. The molecule has 1 aliphatic carbocycles. The van der Waals surface area contributed by atoms with Gasteiger partial charge in [0.1, 0.15) is 10.6 Å². The molecule has 9 heteroatoms. The highest BCUT2D eigenvalue weighted by molar-refractivity contribution is 7.99. The predicted octanol–water partition coefficient (Wildman–Crippen LogP) is 6.10. The van der Waals surface area contributed by atoms with Gasteiger partial charge in [-0.15, -0.1) is 11.3 Å². The molecular weight excluding hydrogens is 493 g/mol. The summed E-state index contributed by atoms with van der Waals surface area (Å²) in [6.07, 6.45) is 2.91. The van der Waals surface area contributed by atoms with Crippen LogP contribution in [0.1, 0.15) is 23.8 Å². The number of hydrogen-bond donors (Lipinski definition) is 1. The summed E-state index contributed by atoms with van der Waals surface area (Å²) in [6.45, 7) is 2.23. The number of nitrogens with one attached hydrogen (secondary N) is 1. The van der Waals surface area contributed by atoms with Crippen molar-refractivity contribution in [2.45, 2.75) is 31.3 Å². The average molecular weight is 514 g/mol. The van der Waals surface area contributed by atoms with Gasteiger partial charge in [-0.25, -0.2) is 9.37 Å². The lowest BCUT2D eigenvalue weighted by Crippen LogP contribution is -2.23. The topological polar surface area (TPSA) is 64.0 Å². The van der Waals surface area contributed by atoms with Gasteiger partial charge in [-0.2, -0.15) is 0 Å².